The first-order chi connectivity index (χ1) is 8.13. The molecule has 92 valence electrons. The highest BCUT2D eigenvalue weighted by molar-refractivity contribution is 6.31. The Morgan fingerprint density at radius 2 is 1.88 bits per heavy atom. The molecular weight excluding hydrogens is 239 g/mol. The van der Waals surface area contributed by atoms with Crippen molar-refractivity contribution in [3.05, 3.63) is 40.7 Å². The van der Waals surface area contributed by atoms with Gasteiger partial charge in [-0.05, 0) is 35.6 Å². The van der Waals surface area contributed by atoms with Crippen LogP contribution in [-0.2, 0) is 6.42 Å². The van der Waals surface area contributed by atoms with Crippen LogP contribution >= 0.6 is 11.6 Å². The second-order valence-electron chi connectivity index (χ2n) is 3.42. The maximum Gasteiger partial charge on any atom is 0.149 e. The molecule has 0 spiro atoms. The van der Waals surface area contributed by atoms with Gasteiger partial charge in [0, 0.05) is 5.39 Å². The maximum absolute atomic E-state index is 13.8. The van der Waals surface area contributed by atoms with Crippen LogP contribution in [-0.4, -0.2) is 5.11 Å². The minimum atomic E-state index is -0.411. The number of phenols is 1. The van der Waals surface area contributed by atoms with Crippen LogP contribution < -0.4 is 0 Å². The fraction of sp³-hybridized carbons (Fsp3) is 0.286. The Morgan fingerprint density at radius 1 is 1.24 bits per heavy atom. The van der Waals surface area contributed by atoms with Gasteiger partial charge < -0.3 is 5.11 Å². The first-order valence-electron chi connectivity index (χ1n) is 5.73. The second-order valence-corrected chi connectivity index (χ2v) is 3.83. The summed E-state index contributed by atoms with van der Waals surface area (Å²) in [7, 11) is 0. The summed E-state index contributed by atoms with van der Waals surface area (Å²) >= 11 is 5.72. The molecule has 1 N–H and O–H groups in total. The highest BCUT2D eigenvalue weighted by Crippen LogP contribution is 2.30. The van der Waals surface area contributed by atoms with Crippen LogP contribution in [0.2, 0.25) is 5.02 Å². The van der Waals surface area contributed by atoms with E-state index in [2.05, 4.69) is 0 Å². The number of aromatic hydroxyl groups is 1. The Kier molecular flexibility index (Phi) is 4.76. The molecule has 0 bridgehead atoms. The molecule has 1 nitrogen and oxygen atoms in total. The molecule has 3 heteroatoms. The van der Waals surface area contributed by atoms with E-state index in [1.165, 1.54) is 12.1 Å². The van der Waals surface area contributed by atoms with Gasteiger partial charge in [-0.15, -0.1) is 0 Å². The lowest BCUT2D eigenvalue weighted by molar-refractivity contribution is 0.475. The topological polar surface area (TPSA) is 20.2 Å². The molecule has 0 saturated carbocycles. The highest BCUT2D eigenvalue weighted by Gasteiger charge is 2.10. The number of hydrogen-bond acceptors (Lipinski definition) is 1. The molecule has 0 unspecified atom stereocenters. The molecule has 0 fully saturated rings. The van der Waals surface area contributed by atoms with Gasteiger partial charge in [0.2, 0.25) is 0 Å². The smallest absolute Gasteiger partial charge is 0.149 e. The molecule has 0 heterocycles. The molecule has 2 aromatic carbocycles. The van der Waals surface area contributed by atoms with Gasteiger partial charge in [-0.25, -0.2) is 4.39 Å². The average molecular weight is 255 g/mol. The maximum atomic E-state index is 13.8. The van der Waals surface area contributed by atoms with Crippen LogP contribution in [0.1, 0.15) is 26.3 Å². The van der Waals surface area contributed by atoms with Gasteiger partial charge in [-0.2, -0.15) is 0 Å². The predicted molar refractivity (Wildman–Crippen MR) is 71.3 cm³/mol. The van der Waals surface area contributed by atoms with E-state index in [-0.39, 0.29) is 10.8 Å². The third-order valence-electron chi connectivity index (χ3n) is 2.45. The quantitative estimate of drug-likeness (QED) is 0.765. The zero-order valence-electron chi connectivity index (χ0n) is 10.2. The number of aryl methyl sites for hydroxylation is 1. The van der Waals surface area contributed by atoms with Gasteiger partial charge >= 0.3 is 0 Å². The minimum absolute atomic E-state index is 0.114. The molecule has 0 radical (unpaired) electrons. The van der Waals surface area contributed by atoms with Crippen LogP contribution in [0.25, 0.3) is 10.8 Å². The van der Waals surface area contributed by atoms with Gasteiger partial charge in [0.1, 0.15) is 11.6 Å². The molecule has 0 atom stereocenters. The van der Waals surface area contributed by atoms with E-state index < -0.39 is 5.82 Å². The van der Waals surface area contributed by atoms with Crippen LogP contribution in [0.3, 0.4) is 0 Å². The number of halogens is 2. The Labute approximate surface area is 106 Å². The fourth-order valence-electron chi connectivity index (χ4n) is 1.74. The molecule has 0 aliphatic heterocycles. The van der Waals surface area contributed by atoms with Gasteiger partial charge in [0.15, 0.2) is 0 Å². The van der Waals surface area contributed by atoms with E-state index in [0.717, 1.165) is 5.56 Å². The van der Waals surface area contributed by atoms with Crippen molar-refractivity contribution in [2.45, 2.75) is 27.2 Å². The third-order valence-corrected chi connectivity index (χ3v) is 2.75. The molecule has 2 rings (SSSR count). The first kappa shape index (κ1) is 13.8. The van der Waals surface area contributed by atoms with E-state index >= 15 is 0 Å². The first-order valence-corrected chi connectivity index (χ1v) is 6.11. The summed E-state index contributed by atoms with van der Waals surface area (Å²) in [6, 6.07) is 6.31. The summed E-state index contributed by atoms with van der Waals surface area (Å²) in [5, 5.41) is 10.7. The summed E-state index contributed by atoms with van der Waals surface area (Å²) in [6.45, 7) is 5.91. The van der Waals surface area contributed by atoms with Crippen LogP contribution in [0.5, 0.6) is 5.75 Å². The van der Waals surface area contributed by atoms with Crippen molar-refractivity contribution < 1.29 is 9.50 Å². The molecular formula is C14H16ClFO. The van der Waals surface area contributed by atoms with E-state index in [9.17, 15) is 9.50 Å². The zero-order valence-corrected chi connectivity index (χ0v) is 11.0. The Bertz CT molecular complexity index is 523. The van der Waals surface area contributed by atoms with Gasteiger partial charge in [0.05, 0.1) is 5.02 Å². The number of rotatable bonds is 1. The molecule has 0 amide bonds. The van der Waals surface area contributed by atoms with Crippen molar-refractivity contribution >= 4 is 22.4 Å². The van der Waals surface area contributed by atoms with Crippen LogP contribution in [0.4, 0.5) is 4.39 Å². The van der Waals surface area contributed by atoms with Crippen molar-refractivity contribution in [2.75, 3.05) is 0 Å². The number of benzene rings is 2. The standard InChI is InChI=1S/C12H10ClFO.C2H6/c1-2-7-5-9(15)6-8-3-4-10(13)12(14)11(7)8;1-2/h3-6,15H,2H2,1H3;1-2H3. The highest BCUT2D eigenvalue weighted by atomic mass is 35.5. The lowest BCUT2D eigenvalue weighted by Gasteiger charge is -2.07. The molecule has 0 aliphatic rings. The van der Waals surface area contributed by atoms with Crippen LogP contribution in [0.15, 0.2) is 24.3 Å². The minimum Gasteiger partial charge on any atom is -0.508 e. The SMILES string of the molecule is CC.CCc1cc(O)cc2ccc(Cl)c(F)c12. The Morgan fingerprint density at radius 3 is 2.47 bits per heavy atom. The Balaban J connectivity index is 0.000000686. The fourth-order valence-corrected chi connectivity index (χ4v) is 1.90. The molecule has 2 aromatic rings. The number of phenolic OH excluding ortho intramolecular Hbond substituents is 1. The monoisotopic (exact) mass is 254 g/mol. The normalized spacial score (nSPS) is 9.94. The van der Waals surface area contributed by atoms with Crippen molar-refractivity contribution in [1.29, 1.82) is 0 Å². The third kappa shape index (κ3) is 2.70. The predicted octanol–water partition coefficient (Wildman–Crippen LogP) is 4.93. The van der Waals surface area contributed by atoms with Crippen molar-refractivity contribution in [3.8, 4) is 5.75 Å². The zero-order chi connectivity index (χ0) is 13.0. The summed E-state index contributed by atoms with van der Waals surface area (Å²) < 4.78 is 13.8. The summed E-state index contributed by atoms with van der Waals surface area (Å²) in [6.07, 6.45) is 0.655. The van der Waals surface area contributed by atoms with E-state index in [0.29, 0.717) is 17.2 Å². The molecule has 0 aliphatic carbocycles. The van der Waals surface area contributed by atoms with Gasteiger partial charge in [-0.3, -0.25) is 0 Å². The largest absolute Gasteiger partial charge is 0.508 e. The summed E-state index contributed by atoms with van der Waals surface area (Å²) in [5.74, 6) is -0.257. The van der Waals surface area contributed by atoms with E-state index in [1.54, 1.807) is 12.1 Å². The second kappa shape index (κ2) is 5.87. The van der Waals surface area contributed by atoms with Crippen LogP contribution in [0, 0.1) is 5.82 Å². The lowest BCUT2D eigenvalue weighted by Crippen LogP contribution is -1.89. The van der Waals surface area contributed by atoms with Gasteiger partial charge in [-0.1, -0.05) is 38.4 Å². The Hall–Kier alpha value is -1.28. The average Bonchev–Trinajstić information content (AvgIpc) is 2.35. The van der Waals surface area contributed by atoms with Crippen molar-refractivity contribution in [3.63, 3.8) is 0 Å². The number of fused-ring (bicyclic) bond motifs is 1. The molecule has 0 saturated heterocycles. The van der Waals surface area contributed by atoms with E-state index in [1.807, 2.05) is 20.8 Å². The molecule has 17 heavy (non-hydrogen) atoms. The van der Waals surface area contributed by atoms with E-state index in [4.69, 9.17) is 11.6 Å². The van der Waals surface area contributed by atoms with Gasteiger partial charge in [0.25, 0.3) is 0 Å². The van der Waals surface area contributed by atoms with Crippen molar-refractivity contribution in [1.82, 2.24) is 0 Å². The summed E-state index contributed by atoms with van der Waals surface area (Å²) in [4.78, 5) is 0. The molecule has 0 aromatic heterocycles. The summed E-state index contributed by atoms with van der Waals surface area (Å²) in [5.41, 5.74) is 0.769. The number of hydrogen-bond donors (Lipinski definition) is 1. The van der Waals surface area contributed by atoms with Crippen molar-refractivity contribution in [2.24, 2.45) is 0 Å². The lowest BCUT2D eigenvalue weighted by atomic mass is 10.0.